The van der Waals surface area contributed by atoms with Crippen molar-refractivity contribution in [1.82, 2.24) is 4.57 Å². The first kappa shape index (κ1) is 14.1. The summed E-state index contributed by atoms with van der Waals surface area (Å²) in [4.78, 5) is 0. The summed E-state index contributed by atoms with van der Waals surface area (Å²) in [5.74, 6) is 0. The minimum absolute atomic E-state index is 1.21. The highest BCUT2D eigenvalue weighted by molar-refractivity contribution is 7.17. The van der Waals surface area contributed by atoms with Gasteiger partial charge in [0.05, 0.1) is 11.0 Å². The molecule has 0 aliphatic rings. The van der Waals surface area contributed by atoms with E-state index in [1.165, 1.54) is 48.4 Å². The molecule has 6 rings (SSSR count). The Morgan fingerprint density at radius 1 is 0.577 bits per heavy atom. The molecule has 0 spiro atoms. The van der Waals surface area contributed by atoms with Crippen LogP contribution >= 0.6 is 11.3 Å². The van der Waals surface area contributed by atoms with Crippen LogP contribution in [0.3, 0.4) is 0 Å². The molecule has 0 unspecified atom stereocenters. The number of nitrogens with zero attached hydrogens (tertiary/aromatic N) is 1. The van der Waals surface area contributed by atoms with Crippen molar-refractivity contribution in [2.75, 3.05) is 0 Å². The lowest BCUT2D eigenvalue weighted by atomic mass is 10.1. The molecule has 2 heteroatoms. The third kappa shape index (κ3) is 1.91. The van der Waals surface area contributed by atoms with E-state index in [2.05, 4.69) is 94.9 Å². The summed E-state index contributed by atoms with van der Waals surface area (Å²) < 4.78 is 3.74. The number of fused-ring (bicyclic) bond motifs is 5. The topological polar surface area (TPSA) is 4.93 Å². The maximum atomic E-state index is 2.40. The second-order valence-corrected chi connectivity index (χ2v) is 7.66. The average Bonchev–Trinajstić information content (AvgIpc) is 3.27. The lowest BCUT2D eigenvalue weighted by Crippen LogP contribution is -1.93. The maximum absolute atomic E-state index is 2.40. The maximum Gasteiger partial charge on any atom is 0.0548 e. The quantitative estimate of drug-likeness (QED) is 0.297. The second kappa shape index (κ2) is 5.20. The fourth-order valence-electron chi connectivity index (χ4n) is 4.02. The standard InChI is InChI=1S/C24H15NS/c1-2-6-17-13-19(10-9-16(17)5-1)25-22-8-4-3-7-20(22)21-15-24-18(11-12-26-24)14-23(21)25/h1-15H. The van der Waals surface area contributed by atoms with Gasteiger partial charge in [-0.1, -0.05) is 48.5 Å². The summed E-state index contributed by atoms with van der Waals surface area (Å²) in [6.45, 7) is 0. The highest BCUT2D eigenvalue weighted by Gasteiger charge is 2.13. The van der Waals surface area contributed by atoms with E-state index in [0.29, 0.717) is 0 Å². The van der Waals surface area contributed by atoms with E-state index in [-0.39, 0.29) is 0 Å². The highest BCUT2D eigenvalue weighted by atomic mass is 32.1. The summed E-state index contributed by atoms with van der Waals surface area (Å²) in [6, 6.07) is 30.9. The minimum Gasteiger partial charge on any atom is -0.309 e. The SMILES string of the molecule is c1ccc2cc(-n3c4ccccc4c4cc5sccc5cc43)ccc2c1. The number of hydrogen-bond donors (Lipinski definition) is 0. The molecule has 26 heavy (non-hydrogen) atoms. The van der Waals surface area contributed by atoms with Gasteiger partial charge in [0.25, 0.3) is 0 Å². The van der Waals surface area contributed by atoms with Gasteiger partial charge in [-0.2, -0.15) is 0 Å². The summed E-state index contributed by atoms with van der Waals surface area (Å²) in [5, 5.41) is 8.67. The Bertz CT molecular complexity index is 1430. The fraction of sp³-hybridized carbons (Fsp3) is 0. The molecule has 0 aliphatic heterocycles. The first-order valence-electron chi connectivity index (χ1n) is 8.78. The van der Waals surface area contributed by atoms with Gasteiger partial charge in [0.2, 0.25) is 0 Å². The predicted molar refractivity (Wildman–Crippen MR) is 114 cm³/mol. The summed E-state index contributed by atoms with van der Waals surface area (Å²) in [6.07, 6.45) is 0. The van der Waals surface area contributed by atoms with Crippen molar-refractivity contribution in [2.45, 2.75) is 0 Å². The van der Waals surface area contributed by atoms with Gasteiger partial charge in [-0.05, 0) is 57.9 Å². The van der Waals surface area contributed by atoms with E-state index in [0.717, 1.165) is 0 Å². The third-order valence-corrected chi connectivity index (χ3v) is 6.12. The van der Waals surface area contributed by atoms with Crippen LogP contribution in [-0.4, -0.2) is 4.57 Å². The molecular weight excluding hydrogens is 334 g/mol. The van der Waals surface area contributed by atoms with E-state index in [4.69, 9.17) is 0 Å². The van der Waals surface area contributed by atoms with Crippen LogP contribution in [0.25, 0.3) is 48.4 Å². The molecule has 0 radical (unpaired) electrons. The molecule has 0 bridgehead atoms. The lowest BCUT2D eigenvalue weighted by molar-refractivity contribution is 1.19. The van der Waals surface area contributed by atoms with Crippen molar-refractivity contribution in [3.8, 4) is 5.69 Å². The summed E-state index contributed by atoms with van der Waals surface area (Å²) in [7, 11) is 0. The number of thiophene rings is 1. The van der Waals surface area contributed by atoms with Crippen LogP contribution in [0.1, 0.15) is 0 Å². The molecule has 0 amide bonds. The van der Waals surface area contributed by atoms with Gasteiger partial charge in [0.15, 0.2) is 0 Å². The molecule has 0 fully saturated rings. The van der Waals surface area contributed by atoms with Crippen molar-refractivity contribution < 1.29 is 0 Å². The van der Waals surface area contributed by atoms with Gasteiger partial charge in [-0.15, -0.1) is 11.3 Å². The fourth-order valence-corrected chi connectivity index (χ4v) is 4.83. The van der Waals surface area contributed by atoms with Crippen molar-refractivity contribution in [3.05, 3.63) is 90.3 Å². The van der Waals surface area contributed by atoms with E-state index in [1.54, 1.807) is 0 Å². The molecule has 1 nitrogen and oxygen atoms in total. The normalized spacial score (nSPS) is 11.8. The monoisotopic (exact) mass is 349 g/mol. The van der Waals surface area contributed by atoms with E-state index in [9.17, 15) is 0 Å². The molecule has 2 heterocycles. The number of hydrogen-bond acceptors (Lipinski definition) is 1. The zero-order valence-electron chi connectivity index (χ0n) is 14.0. The van der Waals surface area contributed by atoms with Crippen LogP contribution in [0.2, 0.25) is 0 Å². The van der Waals surface area contributed by atoms with Gasteiger partial charge in [0.1, 0.15) is 0 Å². The Labute approximate surface area is 154 Å². The minimum atomic E-state index is 1.21. The zero-order valence-corrected chi connectivity index (χ0v) is 14.8. The first-order valence-corrected chi connectivity index (χ1v) is 9.66. The molecule has 0 saturated carbocycles. The van der Waals surface area contributed by atoms with Crippen molar-refractivity contribution >= 4 is 54.0 Å². The van der Waals surface area contributed by atoms with Crippen LogP contribution < -0.4 is 0 Å². The molecule has 0 atom stereocenters. The van der Waals surface area contributed by atoms with E-state index < -0.39 is 0 Å². The summed E-state index contributed by atoms with van der Waals surface area (Å²) >= 11 is 1.81. The predicted octanol–water partition coefficient (Wildman–Crippen LogP) is 7.15. The Kier molecular flexibility index (Phi) is 2.82. The van der Waals surface area contributed by atoms with Gasteiger partial charge < -0.3 is 4.57 Å². The van der Waals surface area contributed by atoms with Crippen LogP contribution in [0, 0.1) is 0 Å². The Balaban J connectivity index is 1.79. The van der Waals surface area contributed by atoms with Crippen LogP contribution in [0.4, 0.5) is 0 Å². The average molecular weight is 349 g/mol. The van der Waals surface area contributed by atoms with Crippen molar-refractivity contribution in [3.63, 3.8) is 0 Å². The lowest BCUT2D eigenvalue weighted by Gasteiger charge is -2.09. The van der Waals surface area contributed by atoms with Gasteiger partial charge in [0, 0.05) is 21.2 Å². The van der Waals surface area contributed by atoms with Gasteiger partial charge in [-0.3, -0.25) is 0 Å². The summed E-state index contributed by atoms with van der Waals surface area (Å²) in [5.41, 5.74) is 3.74. The van der Waals surface area contributed by atoms with E-state index in [1.807, 2.05) is 11.3 Å². The van der Waals surface area contributed by atoms with Crippen LogP contribution in [0.5, 0.6) is 0 Å². The Hall–Kier alpha value is -3.10. The smallest absolute Gasteiger partial charge is 0.0548 e. The van der Waals surface area contributed by atoms with Crippen molar-refractivity contribution in [1.29, 1.82) is 0 Å². The number of para-hydroxylation sites is 1. The number of benzene rings is 4. The largest absolute Gasteiger partial charge is 0.309 e. The van der Waals surface area contributed by atoms with Crippen LogP contribution in [0.15, 0.2) is 90.3 Å². The van der Waals surface area contributed by atoms with Gasteiger partial charge >= 0.3 is 0 Å². The molecule has 0 aliphatic carbocycles. The Morgan fingerprint density at radius 2 is 1.42 bits per heavy atom. The molecular formula is C24H15NS. The van der Waals surface area contributed by atoms with Crippen molar-refractivity contribution in [2.24, 2.45) is 0 Å². The van der Waals surface area contributed by atoms with Crippen LogP contribution in [-0.2, 0) is 0 Å². The molecule has 122 valence electrons. The number of aromatic nitrogens is 1. The highest BCUT2D eigenvalue weighted by Crippen LogP contribution is 2.36. The van der Waals surface area contributed by atoms with Gasteiger partial charge in [-0.25, -0.2) is 0 Å². The molecule has 2 aromatic heterocycles. The number of rotatable bonds is 1. The van der Waals surface area contributed by atoms with E-state index >= 15 is 0 Å². The molecule has 0 saturated heterocycles. The molecule has 4 aromatic carbocycles. The zero-order chi connectivity index (χ0) is 17.1. The molecule has 6 aromatic rings. The Morgan fingerprint density at radius 3 is 2.38 bits per heavy atom. The first-order chi connectivity index (χ1) is 12.9. The molecule has 0 N–H and O–H groups in total. The third-order valence-electron chi connectivity index (χ3n) is 5.24. The second-order valence-electron chi connectivity index (χ2n) is 6.71.